The largest absolute Gasteiger partial charge is 0.309 e. The fraction of sp³-hybridized carbons (Fsp3) is 0.667. The number of thioether (sulfide) groups is 1. The number of hydrogen-bond acceptors (Lipinski definition) is 6. The number of aromatic nitrogens is 2. The molecular formula is C12H23N5S. The molecule has 5 nitrogen and oxygen atoms in total. The lowest BCUT2D eigenvalue weighted by Gasteiger charge is -2.14. The predicted octanol–water partition coefficient (Wildman–Crippen LogP) is 1.85. The van der Waals surface area contributed by atoms with Crippen molar-refractivity contribution >= 4 is 17.6 Å². The van der Waals surface area contributed by atoms with Gasteiger partial charge in [0, 0.05) is 23.8 Å². The number of rotatable bonds is 6. The maximum atomic E-state index is 5.51. The summed E-state index contributed by atoms with van der Waals surface area (Å²) < 4.78 is 0. The Morgan fingerprint density at radius 1 is 1.33 bits per heavy atom. The van der Waals surface area contributed by atoms with E-state index >= 15 is 0 Å². The molecule has 0 amide bonds. The van der Waals surface area contributed by atoms with Crippen molar-refractivity contribution in [3.63, 3.8) is 0 Å². The number of hydrogen-bond donors (Lipinski definition) is 2. The van der Waals surface area contributed by atoms with E-state index in [0.717, 1.165) is 34.5 Å². The predicted molar refractivity (Wildman–Crippen MR) is 77.9 cm³/mol. The van der Waals surface area contributed by atoms with Gasteiger partial charge in [-0.25, -0.2) is 15.8 Å². The molecule has 1 aromatic heterocycles. The van der Waals surface area contributed by atoms with E-state index in [1.54, 1.807) is 11.8 Å². The number of nitrogens with one attached hydrogen (secondary N) is 1. The van der Waals surface area contributed by atoms with Gasteiger partial charge in [-0.15, -0.1) is 11.8 Å². The van der Waals surface area contributed by atoms with Crippen molar-refractivity contribution in [3.05, 3.63) is 11.4 Å². The highest BCUT2D eigenvalue weighted by atomic mass is 32.2. The first-order valence-electron chi connectivity index (χ1n) is 6.08. The van der Waals surface area contributed by atoms with Crippen LogP contribution in [0.25, 0.3) is 0 Å². The number of nitrogen functional groups attached to an aromatic ring is 1. The first kappa shape index (κ1) is 15.2. The molecule has 18 heavy (non-hydrogen) atoms. The van der Waals surface area contributed by atoms with Crippen molar-refractivity contribution in [1.29, 1.82) is 0 Å². The third-order valence-corrected chi connectivity index (χ3v) is 3.61. The van der Waals surface area contributed by atoms with Gasteiger partial charge in [-0.3, -0.25) is 0 Å². The van der Waals surface area contributed by atoms with E-state index in [2.05, 4.69) is 48.2 Å². The Morgan fingerprint density at radius 3 is 2.50 bits per heavy atom. The van der Waals surface area contributed by atoms with Gasteiger partial charge >= 0.3 is 0 Å². The molecule has 0 saturated carbocycles. The number of nitrogens with two attached hydrogens (primary N) is 1. The van der Waals surface area contributed by atoms with Crippen LogP contribution >= 0.6 is 11.8 Å². The molecule has 0 aliphatic carbocycles. The average Bonchev–Trinajstić information content (AvgIpc) is 2.30. The quantitative estimate of drug-likeness (QED) is 0.355. The van der Waals surface area contributed by atoms with Crippen LogP contribution in [-0.4, -0.2) is 41.3 Å². The topological polar surface area (TPSA) is 67.1 Å². The Kier molecular flexibility index (Phi) is 5.84. The van der Waals surface area contributed by atoms with Crippen LogP contribution < -0.4 is 11.3 Å². The average molecular weight is 269 g/mol. The third kappa shape index (κ3) is 4.12. The highest BCUT2D eigenvalue weighted by molar-refractivity contribution is 7.99. The summed E-state index contributed by atoms with van der Waals surface area (Å²) in [6.45, 7) is 7.19. The summed E-state index contributed by atoms with van der Waals surface area (Å²) in [7, 11) is 4.14. The molecule has 1 aromatic rings. The van der Waals surface area contributed by atoms with E-state index in [1.807, 2.05) is 6.92 Å². The van der Waals surface area contributed by atoms with Crippen molar-refractivity contribution in [2.24, 2.45) is 5.84 Å². The lowest BCUT2D eigenvalue weighted by molar-refractivity contribution is 0.437. The SMILES string of the molecule is Cc1c(NN)nc(C(C)C)nc1SCCN(C)C. The van der Waals surface area contributed by atoms with Gasteiger partial charge < -0.3 is 10.3 Å². The normalized spacial score (nSPS) is 11.3. The molecule has 1 rings (SSSR count). The smallest absolute Gasteiger partial charge is 0.147 e. The molecule has 0 saturated heterocycles. The van der Waals surface area contributed by atoms with Crippen LogP contribution in [0.3, 0.4) is 0 Å². The van der Waals surface area contributed by atoms with Gasteiger partial charge in [0.2, 0.25) is 0 Å². The van der Waals surface area contributed by atoms with Crippen LogP contribution in [0, 0.1) is 6.92 Å². The monoisotopic (exact) mass is 269 g/mol. The summed E-state index contributed by atoms with van der Waals surface area (Å²) in [5.74, 6) is 8.37. The van der Waals surface area contributed by atoms with Gasteiger partial charge in [0.15, 0.2) is 0 Å². The number of nitrogens with zero attached hydrogens (tertiary/aromatic N) is 3. The van der Waals surface area contributed by atoms with Crippen LogP contribution in [0.4, 0.5) is 5.82 Å². The first-order valence-corrected chi connectivity index (χ1v) is 7.07. The minimum absolute atomic E-state index is 0.297. The minimum atomic E-state index is 0.297. The van der Waals surface area contributed by atoms with Crippen LogP contribution in [-0.2, 0) is 0 Å². The van der Waals surface area contributed by atoms with Crippen molar-refractivity contribution in [3.8, 4) is 0 Å². The molecule has 0 radical (unpaired) electrons. The van der Waals surface area contributed by atoms with E-state index < -0.39 is 0 Å². The zero-order valence-electron chi connectivity index (χ0n) is 11.8. The Labute approximate surface area is 114 Å². The summed E-state index contributed by atoms with van der Waals surface area (Å²) in [5, 5.41) is 1.02. The summed E-state index contributed by atoms with van der Waals surface area (Å²) in [6.07, 6.45) is 0. The molecule has 0 aromatic carbocycles. The van der Waals surface area contributed by atoms with Crippen molar-refractivity contribution in [1.82, 2.24) is 14.9 Å². The Hall–Kier alpha value is -0.850. The highest BCUT2D eigenvalue weighted by Gasteiger charge is 2.12. The Bertz CT molecular complexity index is 392. The highest BCUT2D eigenvalue weighted by Crippen LogP contribution is 2.26. The second-order valence-electron chi connectivity index (χ2n) is 4.81. The van der Waals surface area contributed by atoms with Gasteiger partial charge in [0.05, 0.1) is 0 Å². The van der Waals surface area contributed by atoms with Gasteiger partial charge in [0.1, 0.15) is 16.7 Å². The molecule has 0 aliphatic heterocycles. The molecule has 0 bridgehead atoms. The molecule has 6 heteroatoms. The van der Waals surface area contributed by atoms with Crippen molar-refractivity contribution < 1.29 is 0 Å². The van der Waals surface area contributed by atoms with E-state index in [1.165, 1.54) is 0 Å². The van der Waals surface area contributed by atoms with E-state index in [-0.39, 0.29) is 0 Å². The molecular weight excluding hydrogens is 246 g/mol. The van der Waals surface area contributed by atoms with Crippen LogP contribution in [0.5, 0.6) is 0 Å². The second-order valence-corrected chi connectivity index (χ2v) is 5.89. The zero-order valence-corrected chi connectivity index (χ0v) is 12.6. The van der Waals surface area contributed by atoms with Gasteiger partial charge in [-0.05, 0) is 21.0 Å². The van der Waals surface area contributed by atoms with Crippen molar-refractivity contribution in [2.45, 2.75) is 31.7 Å². The van der Waals surface area contributed by atoms with Crippen LogP contribution in [0.1, 0.15) is 31.2 Å². The fourth-order valence-corrected chi connectivity index (χ4v) is 2.50. The number of hydrazine groups is 1. The maximum Gasteiger partial charge on any atom is 0.147 e. The summed E-state index contributed by atoms with van der Waals surface area (Å²) in [6, 6.07) is 0. The van der Waals surface area contributed by atoms with Crippen LogP contribution in [0.2, 0.25) is 0 Å². The molecule has 0 atom stereocenters. The molecule has 1 heterocycles. The molecule has 0 aliphatic rings. The van der Waals surface area contributed by atoms with Gasteiger partial charge in [-0.2, -0.15) is 0 Å². The number of anilines is 1. The fourth-order valence-electron chi connectivity index (χ4n) is 1.38. The molecule has 0 fully saturated rings. The summed E-state index contributed by atoms with van der Waals surface area (Å²) in [4.78, 5) is 11.2. The lowest BCUT2D eigenvalue weighted by atomic mass is 10.2. The Balaban J connectivity index is 2.91. The molecule has 0 unspecified atom stereocenters. The van der Waals surface area contributed by atoms with Gasteiger partial charge in [0.25, 0.3) is 0 Å². The summed E-state index contributed by atoms with van der Waals surface area (Å²) >= 11 is 1.75. The van der Waals surface area contributed by atoms with Crippen molar-refractivity contribution in [2.75, 3.05) is 31.8 Å². The van der Waals surface area contributed by atoms with Gasteiger partial charge in [-0.1, -0.05) is 13.8 Å². The van der Waals surface area contributed by atoms with E-state index in [9.17, 15) is 0 Å². The lowest BCUT2D eigenvalue weighted by Crippen LogP contribution is -2.16. The van der Waals surface area contributed by atoms with E-state index in [0.29, 0.717) is 5.92 Å². The third-order valence-electron chi connectivity index (χ3n) is 2.55. The maximum absolute atomic E-state index is 5.51. The minimum Gasteiger partial charge on any atom is -0.309 e. The molecule has 3 N–H and O–H groups in total. The van der Waals surface area contributed by atoms with E-state index in [4.69, 9.17) is 5.84 Å². The zero-order chi connectivity index (χ0) is 13.7. The van der Waals surface area contributed by atoms with Crippen LogP contribution in [0.15, 0.2) is 5.03 Å². The standard InChI is InChI=1S/C12H23N5S/c1-8(2)10-14-11(16-13)9(3)12(15-10)18-7-6-17(4)5/h8H,6-7,13H2,1-5H3,(H,14,15,16). The summed E-state index contributed by atoms with van der Waals surface area (Å²) in [5.41, 5.74) is 3.67. The molecule has 102 valence electrons. The molecule has 0 spiro atoms. The first-order chi connectivity index (χ1) is 8.45. The second kappa shape index (κ2) is 6.92. The Morgan fingerprint density at radius 2 is 2.00 bits per heavy atom.